The van der Waals surface area contributed by atoms with Crippen molar-refractivity contribution >= 4 is 17.9 Å². The molecule has 0 heterocycles. The number of hydrogen-bond donors (Lipinski definition) is 0. The lowest BCUT2D eigenvalue weighted by atomic mass is 9.75. The summed E-state index contributed by atoms with van der Waals surface area (Å²) in [5.41, 5.74) is 0.213. The molecule has 1 aromatic carbocycles. The Kier molecular flexibility index (Phi) is 5.11. The molecule has 3 heteroatoms. The SMILES string of the molecule is CCC(C)(C)C(=O)c1c([C]=O)ccc(C)c1C(=O)C(C)(C)C. The van der Waals surface area contributed by atoms with Crippen LogP contribution in [0.2, 0.25) is 0 Å². The average molecular weight is 301 g/mol. The maximum absolute atomic E-state index is 13.0. The summed E-state index contributed by atoms with van der Waals surface area (Å²) < 4.78 is 0. The van der Waals surface area contributed by atoms with Crippen molar-refractivity contribution in [2.45, 2.75) is 54.9 Å². The summed E-state index contributed by atoms with van der Waals surface area (Å²) in [6.45, 7) is 12.8. The summed E-state index contributed by atoms with van der Waals surface area (Å²) in [5, 5.41) is 0. The van der Waals surface area contributed by atoms with Gasteiger partial charge in [-0.2, -0.15) is 0 Å². The maximum Gasteiger partial charge on any atom is 0.234 e. The molecule has 22 heavy (non-hydrogen) atoms. The van der Waals surface area contributed by atoms with Crippen LogP contribution in [-0.2, 0) is 4.79 Å². The number of hydrogen-bond acceptors (Lipinski definition) is 3. The molecule has 3 nitrogen and oxygen atoms in total. The molecule has 0 aliphatic rings. The molecule has 0 saturated carbocycles. The smallest absolute Gasteiger partial charge is 0.234 e. The summed E-state index contributed by atoms with van der Waals surface area (Å²) >= 11 is 0. The molecule has 0 spiro atoms. The molecule has 0 saturated heterocycles. The Balaban J connectivity index is 3.74. The molecule has 1 rings (SSSR count). The number of ketones is 2. The standard InChI is InChI=1S/C19H25O3/c1-8-19(6,7)17(22)15-13(11-20)10-9-12(2)14(15)16(21)18(3,4)5/h9-10H,8H2,1-7H3. The van der Waals surface area contributed by atoms with E-state index in [-0.39, 0.29) is 22.7 Å². The highest BCUT2D eigenvalue weighted by Gasteiger charge is 2.35. The predicted octanol–water partition coefficient (Wildman–Crippen LogP) is 4.30. The van der Waals surface area contributed by atoms with Crippen LogP contribution in [0.5, 0.6) is 0 Å². The van der Waals surface area contributed by atoms with E-state index >= 15 is 0 Å². The third-order valence-electron chi connectivity index (χ3n) is 4.16. The Bertz CT molecular complexity index is 616. The fourth-order valence-electron chi connectivity index (χ4n) is 2.19. The quantitative estimate of drug-likeness (QED) is 0.762. The third-order valence-corrected chi connectivity index (χ3v) is 4.16. The summed E-state index contributed by atoms with van der Waals surface area (Å²) in [6, 6.07) is 3.27. The highest BCUT2D eigenvalue weighted by Crippen LogP contribution is 2.33. The molecular formula is C19H25O3. The first-order chi connectivity index (χ1) is 9.97. The summed E-state index contributed by atoms with van der Waals surface area (Å²) in [5.74, 6) is -0.304. The van der Waals surface area contributed by atoms with Crippen molar-refractivity contribution in [3.63, 3.8) is 0 Å². The van der Waals surface area contributed by atoms with Gasteiger partial charge in [-0.1, -0.05) is 47.6 Å². The van der Waals surface area contributed by atoms with E-state index in [1.54, 1.807) is 19.1 Å². The van der Waals surface area contributed by atoms with Gasteiger partial charge in [-0.3, -0.25) is 14.4 Å². The van der Waals surface area contributed by atoms with Gasteiger partial charge in [0.2, 0.25) is 6.29 Å². The predicted molar refractivity (Wildman–Crippen MR) is 88.2 cm³/mol. The van der Waals surface area contributed by atoms with Crippen molar-refractivity contribution in [3.05, 3.63) is 34.4 Å². The van der Waals surface area contributed by atoms with Gasteiger partial charge in [0.1, 0.15) is 0 Å². The van der Waals surface area contributed by atoms with E-state index in [2.05, 4.69) is 0 Å². The van der Waals surface area contributed by atoms with Crippen molar-refractivity contribution in [1.82, 2.24) is 0 Å². The molecule has 0 unspecified atom stereocenters. The lowest BCUT2D eigenvalue weighted by Gasteiger charge is -2.26. The molecule has 0 fully saturated rings. The Labute approximate surface area is 133 Å². The molecule has 0 atom stereocenters. The van der Waals surface area contributed by atoms with E-state index in [9.17, 15) is 14.4 Å². The number of aryl methyl sites for hydroxylation is 1. The number of benzene rings is 1. The van der Waals surface area contributed by atoms with Gasteiger partial charge < -0.3 is 0 Å². The van der Waals surface area contributed by atoms with Gasteiger partial charge in [0.15, 0.2) is 11.6 Å². The zero-order chi connectivity index (χ0) is 17.3. The van der Waals surface area contributed by atoms with Crippen molar-refractivity contribution in [1.29, 1.82) is 0 Å². The van der Waals surface area contributed by atoms with Crippen LogP contribution in [0.4, 0.5) is 0 Å². The summed E-state index contributed by atoms with van der Waals surface area (Å²) in [7, 11) is 0. The molecule has 119 valence electrons. The Morgan fingerprint density at radius 2 is 1.55 bits per heavy atom. The van der Waals surface area contributed by atoms with Gasteiger partial charge in [0.25, 0.3) is 0 Å². The lowest BCUT2D eigenvalue weighted by molar-refractivity contribution is 0.0807. The number of Topliss-reactive ketones (excluding diaryl/α,β-unsaturated/α-hetero) is 2. The minimum absolute atomic E-state index is 0.127. The normalized spacial score (nSPS) is 12.1. The second kappa shape index (κ2) is 6.15. The van der Waals surface area contributed by atoms with E-state index in [1.807, 2.05) is 47.8 Å². The van der Waals surface area contributed by atoms with Gasteiger partial charge in [-0.25, -0.2) is 0 Å². The fourth-order valence-corrected chi connectivity index (χ4v) is 2.19. The van der Waals surface area contributed by atoms with Gasteiger partial charge in [0, 0.05) is 27.5 Å². The first-order valence-electron chi connectivity index (χ1n) is 7.58. The first kappa shape index (κ1) is 18.3. The zero-order valence-corrected chi connectivity index (χ0v) is 14.6. The van der Waals surface area contributed by atoms with E-state index in [4.69, 9.17) is 0 Å². The summed E-state index contributed by atoms with van der Waals surface area (Å²) in [4.78, 5) is 37.1. The highest BCUT2D eigenvalue weighted by atomic mass is 16.1. The molecule has 0 N–H and O–H groups in total. The van der Waals surface area contributed by atoms with Crippen LogP contribution in [0, 0.1) is 17.8 Å². The van der Waals surface area contributed by atoms with Crippen molar-refractivity contribution in [2.24, 2.45) is 10.8 Å². The van der Waals surface area contributed by atoms with Gasteiger partial charge in [-0.05, 0) is 25.0 Å². The van der Waals surface area contributed by atoms with E-state index in [0.29, 0.717) is 17.5 Å². The lowest BCUT2D eigenvalue weighted by Crippen LogP contribution is -2.30. The second-order valence-electron chi connectivity index (χ2n) is 7.43. The molecule has 0 bridgehead atoms. The largest absolute Gasteiger partial charge is 0.294 e. The van der Waals surface area contributed by atoms with E-state index in [0.717, 1.165) is 0 Å². The van der Waals surface area contributed by atoms with Crippen LogP contribution in [0.15, 0.2) is 12.1 Å². The minimum Gasteiger partial charge on any atom is -0.294 e. The van der Waals surface area contributed by atoms with Crippen LogP contribution in [0.1, 0.15) is 79.8 Å². The van der Waals surface area contributed by atoms with Crippen LogP contribution >= 0.6 is 0 Å². The molecular weight excluding hydrogens is 276 g/mol. The molecule has 0 amide bonds. The Morgan fingerprint density at radius 3 is 1.95 bits per heavy atom. The number of carbonyl (C=O) groups is 2. The topological polar surface area (TPSA) is 51.2 Å². The summed E-state index contributed by atoms with van der Waals surface area (Å²) in [6.07, 6.45) is 2.45. The molecule has 0 aliphatic heterocycles. The van der Waals surface area contributed by atoms with Crippen molar-refractivity contribution in [2.75, 3.05) is 0 Å². The molecule has 0 aliphatic carbocycles. The third kappa shape index (κ3) is 3.34. The van der Waals surface area contributed by atoms with Crippen LogP contribution in [0.25, 0.3) is 0 Å². The van der Waals surface area contributed by atoms with Gasteiger partial charge in [0.05, 0.1) is 0 Å². The van der Waals surface area contributed by atoms with Gasteiger partial charge in [-0.15, -0.1) is 0 Å². The highest BCUT2D eigenvalue weighted by molar-refractivity contribution is 6.16. The molecule has 1 radical (unpaired) electrons. The van der Waals surface area contributed by atoms with Crippen molar-refractivity contribution in [3.8, 4) is 0 Å². The fraction of sp³-hybridized carbons (Fsp3) is 0.526. The molecule has 1 aromatic rings. The van der Waals surface area contributed by atoms with E-state index < -0.39 is 10.8 Å². The van der Waals surface area contributed by atoms with E-state index in [1.165, 1.54) is 0 Å². The number of rotatable bonds is 5. The second-order valence-corrected chi connectivity index (χ2v) is 7.43. The minimum atomic E-state index is -0.633. The monoisotopic (exact) mass is 301 g/mol. The Morgan fingerprint density at radius 1 is 1.00 bits per heavy atom. The van der Waals surface area contributed by atoms with Crippen LogP contribution in [0.3, 0.4) is 0 Å². The zero-order valence-electron chi connectivity index (χ0n) is 14.6. The average Bonchev–Trinajstić information content (AvgIpc) is 2.44. The van der Waals surface area contributed by atoms with Gasteiger partial charge >= 0.3 is 0 Å². The first-order valence-corrected chi connectivity index (χ1v) is 7.58. The Hall–Kier alpha value is -1.77. The number of carbonyl (C=O) groups excluding carboxylic acids is 3. The maximum atomic E-state index is 13.0. The van der Waals surface area contributed by atoms with Crippen molar-refractivity contribution < 1.29 is 14.4 Å². The van der Waals surface area contributed by atoms with Crippen LogP contribution < -0.4 is 0 Å². The molecule has 0 aromatic heterocycles. The van der Waals surface area contributed by atoms with Crippen LogP contribution in [-0.4, -0.2) is 17.9 Å².